The van der Waals surface area contributed by atoms with Crippen LogP contribution in [-0.2, 0) is 13.1 Å². The Labute approximate surface area is 96.3 Å². The second-order valence-electron chi connectivity index (χ2n) is 3.62. The lowest BCUT2D eigenvalue weighted by atomic mass is 10.3. The highest BCUT2D eigenvalue weighted by Gasteiger charge is 2.17. The van der Waals surface area contributed by atoms with Crippen LogP contribution in [0.4, 0.5) is 11.5 Å². The molecule has 0 aliphatic carbocycles. The Kier molecular flexibility index (Phi) is 3.79. The summed E-state index contributed by atoms with van der Waals surface area (Å²) in [6.45, 7) is 3.04. The van der Waals surface area contributed by atoms with Crippen molar-refractivity contribution in [3.63, 3.8) is 0 Å². The number of anilines is 1. The number of nitrogens with zero attached hydrogens (tertiary/aromatic N) is 3. The van der Waals surface area contributed by atoms with Crippen molar-refractivity contribution in [3.05, 3.63) is 25.7 Å². The van der Waals surface area contributed by atoms with Gasteiger partial charge in [0.2, 0.25) is 5.69 Å². The molecule has 3 N–H and O–H groups in total. The lowest BCUT2D eigenvalue weighted by molar-refractivity contribution is 0.171. The topological polar surface area (TPSA) is 120 Å². The highest BCUT2D eigenvalue weighted by Crippen LogP contribution is 2.14. The van der Waals surface area contributed by atoms with E-state index in [1.165, 1.54) is 6.92 Å². The molecule has 0 bridgehead atoms. The number of hydrogen-bond donors (Lipinski definition) is 2. The van der Waals surface area contributed by atoms with Crippen molar-refractivity contribution in [1.29, 1.82) is 0 Å². The smallest absolute Gasteiger partial charge is 0.332 e. The van der Waals surface area contributed by atoms with Crippen molar-refractivity contribution < 1.29 is 5.11 Å². The van der Waals surface area contributed by atoms with Crippen LogP contribution < -0.4 is 17.0 Å². The molecule has 17 heavy (non-hydrogen) atoms. The number of aromatic nitrogens is 2. The Balaban J connectivity index is 3.66. The molecular formula is C9H14N4O4. The largest absolute Gasteiger partial charge is 0.392 e. The fourth-order valence-corrected chi connectivity index (χ4v) is 1.51. The third-order valence-corrected chi connectivity index (χ3v) is 2.30. The molecule has 0 radical (unpaired) electrons. The first-order chi connectivity index (χ1) is 7.93. The quantitative estimate of drug-likeness (QED) is 0.682. The maximum atomic E-state index is 11.8. The number of hydrogen-bond acceptors (Lipinski definition) is 6. The zero-order valence-electron chi connectivity index (χ0n) is 9.58. The third-order valence-electron chi connectivity index (χ3n) is 2.30. The van der Waals surface area contributed by atoms with Gasteiger partial charge in [0.05, 0.1) is 12.6 Å². The Morgan fingerprint density at radius 2 is 2.00 bits per heavy atom. The number of aliphatic hydroxyl groups is 1. The molecule has 0 saturated heterocycles. The van der Waals surface area contributed by atoms with Gasteiger partial charge in [0, 0.05) is 6.54 Å². The van der Waals surface area contributed by atoms with Crippen LogP contribution in [-0.4, -0.2) is 20.3 Å². The summed E-state index contributed by atoms with van der Waals surface area (Å²) in [5.74, 6) is -0.319. The molecule has 8 heteroatoms. The summed E-state index contributed by atoms with van der Waals surface area (Å²) in [7, 11) is 0. The molecule has 1 rings (SSSR count). The second-order valence-corrected chi connectivity index (χ2v) is 3.62. The molecule has 0 unspecified atom stereocenters. The van der Waals surface area contributed by atoms with E-state index >= 15 is 0 Å². The van der Waals surface area contributed by atoms with Crippen molar-refractivity contribution in [3.8, 4) is 0 Å². The van der Waals surface area contributed by atoms with Crippen LogP contribution in [0.1, 0.15) is 13.8 Å². The average molecular weight is 242 g/mol. The van der Waals surface area contributed by atoms with Gasteiger partial charge in [0.15, 0.2) is 0 Å². The number of aliphatic hydroxyl groups excluding tert-OH is 1. The van der Waals surface area contributed by atoms with Crippen LogP contribution in [0.25, 0.3) is 0 Å². The van der Waals surface area contributed by atoms with E-state index in [4.69, 9.17) is 5.73 Å². The normalized spacial score (nSPS) is 12.4. The molecule has 1 aromatic heterocycles. The molecule has 0 amide bonds. The van der Waals surface area contributed by atoms with Crippen LogP contribution >= 0.6 is 0 Å². The summed E-state index contributed by atoms with van der Waals surface area (Å²) in [5, 5.41) is 11.8. The number of nitrogens with two attached hydrogens (primary N) is 1. The van der Waals surface area contributed by atoms with Gasteiger partial charge in [0.1, 0.15) is 5.82 Å². The predicted octanol–water partition coefficient (Wildman–Crippen LogP) is -0.609. The van der Waals surface area contributed by atoms with Gasteiger partial charge in [-0.2, -0.15) is 0 Å². The predicted molar refractivity (Wildman–Crippen MR) is 62.2 cm³/mol. The standard InChI is InChI=1S/C9H14N4O4/c1-3-12-8(15)6(11-17)7(10)13(9(12)16)4-5(2)14/h5,14H,3-4,10H2,1-2H3/t5-/m1/s1. The van der Waals surface area contributed by atoms with Crippen molar-refractivity contribution >= 4 is 11.5 Å². The highest BCUT2D eigenvalue weighted by atomic mass is 16.3. The van der Waals surface area contributed by atoms with Gasteiger partial charge in [-0.1, -0.05) is 0 Å². The monoisotopic (exact) mass is 242 g/mol. The Morgan fingerprint density at radius 1 is 1.41 bits per heavy atom. The van der Waals surface area contributed by atoms with Crippen molar-refractivity contribution in [1.82, 2.24) is 9.13 Å². The van der Waals surface area contributed by atoms with E-state index in [-0.39, 0.29) is 18.9 Å². The third kappa shape index (κ3) is 2.26. The van der Waals surface area contributed by atoms with Crippen molar-refractivity contribution in [2.75, 3.05) is 5.73 Å². The molecular weight excluding hydrogens is 228 g/mol. The molecule has 0 fully saturated rings. The van der Waals surface area contributed by atoms with E-state index in [1.807, 2.05) is 0 Å². The van der Waals surface area contributed by atoms with Gasteiger partial charge in [-0.15, -0.1) is 4.91 Å². The van der Waals surface area contributed by atoms with E-state index in [2.05, 4.69) is 5.18 Å². The number of nitroso groups, excluding NO2 is 1. The molecule has 0 spiro atoms. The summed E-state index contributed by atoms with van der Waals surface area (Å²) < 4.78 is 1.81. The Morgan fingerprint density at radius 3 is 2.41 bits per heavy atom. The van der Waals surface area contributed by atoms with Gasteiger partial charge in [-0.05, 0) is 19.0 Å². The van der Waals surface area contributed by atoms with Crippen LogP contribution in [0.2, 0.25) is 0 Å². The summed E-state index contributed by atoms with van der Waals surface area (Å²) in [6, 6.07) is 0. The summed E-state index contributed by atoms with van der Waals surface area (Å²) in [5.41, 5.74) is 3.53. The van der Waals surface area contributed by atoms with Gasteiger partial charge >= 0.3 is 5.69 Å². The van der Waals surface area contributed by atoms with E-state index in [9.17, 15) is 19.6 Å². The van der Waals surface area contributed by atoms with Gasteiger partial charge in [0.25, 0.3) is 5.56 Å². The van der Waals surface area contributed by atoms with Crippen LogP contribution in [0.15, 0.2) is 14.8 Å². The first-order valence-electron chi connectivity index (χ1n) is 5.08. The molecule has 0 aliphatic heterocycles. The van der Waals surface area contributed by atoms with Crippen LogP contribution in [0.5, 0.6) is 0 Å². The van der Waals surface area contributed by atoms with Crippen molar-refractivity contribution in [2.24, 2.45) is 5.18 Å². The SMILES string of the molecule is CCn1c(=O)c(N=O)c(N)n(C[C@@H](C)O)c1=O. The average Bonchev–Trinajstić information content (AvgIpc) is 2.25. The minimum atomic E-state index is -0.836. The summed E-state index contributed by atoms with van der Waals surface area (Å²) >= 11 is 0. The molecule has 1 heterocycles. The summed E-state index contributed by atoms with van der Waals surface area (Å²) in [4.78, 5) is 34.0. The summed E-state index contributed by atoms with van der Waals surface area (Å²) in [6.07, 6.45) is -0.836. The van der Waals surface area contributed by atoms with E-state index < -0.39 is 23.0 Å². The molecule has 8 nitrogen and oxygen atoms in total. The molecule has 1 atom stereocenters. The molecule has 0 aliphatic rings. The van der Waals surface area contributed by atoms with Gasteiger partial charge in [-0.25, -0.2) is 4.79 Å². The zero-order valence-corrected chi connectivity index (χ0v) is 9.58. The fraction of sp³-hybridized carbons (Fsp3) is 0.556. The van der Waals surface area contributed by atoms with Crippen LogP contribution in [0, 0.1) is 4.91 Å². The Bertz CT molecular complexity index is 543. The first-order valence-corrected chi connectivity index (χ1v) is 5.08. The maximum Gasteiger partial charge on any atom is 0.332 e. The Hall–Kier alpha value is -1.96. The molecule has 0 aromatic carbocycles. The van der Waals surface area contributed by atoms with Gasteiger partial charge in [-0.3, -0.25) is 13.9 Å². The van der Waals surface area contributed by atoms with Crippen LogP contribution in [0.3, 0.4) is 0 Å². The highest BCUT2D eigenvalue weighted by molar-refractivity contribution is 5.55. The molecule has 1 aromatic rings. The first kappa shape index (κ1) is 13.1. The zero-order chi connectivity index (χ0) is 13.2. The fourth-order valence-electron chi connectivity index (χ4n) is 1.51. The lowest BCUT2D eigenvalue weighted by Gasteiger charge is -2.14. The maximum absolute atomic E-state index is 11.8. The van der Waals surface area contributed by atoms with E-state index in [0.29, 0.717) is 0 Å². The van der Waals surface area contributed by atoms with Gasteiger partial charge < -0.3 is 10.8 Å². The second kappa shape index (κ2) is 4.91. The van der Waals surface area contributed by atoms with E-state index in [0.717, 1.165) is 9.13 Å². The van der Waals surface area contributed by atoms with E-state index in [1.54, 1.807) is 6.92 Å². The minimum Gasteiger partial charge on any atom is -0.392 e. The minimum absolute atomic E-state index is 0.0975. The molecule has 0 saturated carbocycles. The lowest BCUT2D eigenvalue weighted by Crippen LogP contribution is -2.41. The van der Waals surface area contributed by atoms with Crippen molar-refractivity contribution in [2.45, 2.75) is 33.0 Å². The molecule has 94 valence electrons. The number of nitrogen functional groups attached to an aromatic ring is 1. The number of rotatable bonds is 4.